The molecule has 1 fully saturated rings. The first-order valence-electron chi connectivity index (χ1n) is 6.25. The summed E-state index contributed by atoms with van der Waals surface area (Å²) >= 11 is 0. The number of aryl methyl sites for hydroxylation is 1. The Hall–Kier alpha value is -1.40. The van der Waals surface area contributed by atoms with Gasteiger partial charge in [0, 0.05) is 19.3 Å². The fraction of sp³-hybridized carbons (Fsp3) is 0.667. The van der Waals surface area contributed by atoms with Crippen molar-refractivity contribution in [2.24, 2.45) is 0 Å². The minimum atomic E-state index is -0.392. The third-order valence-corrected chi connectivity index (χ3v) is 3.28. The summed E-state index contributed by atoms with van der Waals surface area (Å²) in [5.74, 6) is 0. The summed E-state index contributed by atoms with van der Waals surface area (Å²) in [6.07, 6.45) is 3.46. The number of aromatic nitrogens is 2. The van der Waals surface area contributed by atoms with Gasteiger partial charge in [0.15, 0.2) is 0 Å². The lowest BCUT2D eigenvalue weighted by molar-refractivity contribution is 0.0294. The number of H-pyrrole nitrogens is 1. The maximum Gasteiger partial charge on any atom is 0.328 e. The smallest absolute Gasteiger partial charge is 0.328 e. The van der Waals surface area contributed by atoms with Gasteiger partial charge in [-0.1, -0.05) is 0 Å². The van der Waals surface area contributed by atoms with Crippen molar-refractivity contribution in [3.8, 4) is 0 Å². The Morgan fingerprint density at radius 1 is 1.50 bits per heavy atom. The number of aromatic amines is 1. The number of nitrogens with zero attached hydrogens (tertiary/aromatic N) is 1. The minimum Gasteiger partial charge on any atom is -0.396 e. The van der Waals surface area contributed by atoms with E-state index in [-0.39, 0.29) is 24.4 Å². The van der Waals surface area contributed by atoms with E-state index in [4.69, 9.17) is 9.84 Å². The lowest BCUT2D eigenvalue weighted by atomic mass is 10.1. The lowest BCUT2D eigenvalue weighted by Gasteiger charge is -2.13. The van der Waals surface area contributed by atoms with Gasteiger partial charge in [-0.3, -0.25) is 9.78 Å². The van der Waals surface area contributed by atoms with E-state index in [1.54, 1.807) is 6.20 Å². The van der Waals surface area contributed by atoms with Crippen molar-refractivity contribution in [1.29, 1.82) is 0 Å². The number of aliphatic hydroxyl groups is 1. The molecule has 2 unspecified atom stereocenters. The van der Waals surface area contributed by atoms with Crippen LogP contribution in [-0.4, -0.2) is 27.4 Å². The van der Waals surface area contributed by atoms with Crippen LogP contribution in [0.4, 0.5) is 0 Å². The van der Waals surface area contributed by atoms with Gasteiger partial charge < -0.3 is 14.4 Å². The van der Waals surface area contributed by atoms with Crippen LogP contribution in [0.15, 0.2) is 15.8 Å². The van der Waals surface area contributed by atoms with Crippen LogP contribution < -0.4 is 11.2 Å². The van der Waals surface area contributed by atoms with Crippen molar-refractivity contribution in [2.45, 2.75) is 44.9 Å². The molecule has 2 rings (SSSR count). The molecule has 0 spiro atoms. The zero-order valence-corrected chi connectivity index (χ0v) is 10.4. The van der Waals surface area contributed by atoms with Crippen LogP contribution in [0.1, 0.15) is 37.9 Å². The molecule has 6 nitrogen and oxygen atoms in total. The average Bonchev–Trinajstić information content (AvgIpc) is 2.78. The third-order valence-electron chi connectivity index (χ3n) is 3.28. The zero-order chi connectivity index (χ0) is 13.1. The molecule has 0 aliphatic carbocycles. The predicted molar refractivity (Wildman–Crippen MR) is 65.5 cm³/mol. The largest absolute Gasteiger partial charge is 0.396 e. The van der Waals surface area contributed by atoms with Gasteiger partial charge in [-0.25, -0.2) is 4.79 Å². The van der Waals surface area contributed by atoms with Crippen molar-refractivity contribution in [1.82, 2.24) is 9.55 Å². The Morgan fingerprint density at radius 2 is 2.28 bits per heavy atom. The number of rotatable bonds is 4. The predicted octanol–water partition coefficient (Wildman–Crippen LogP) is 0.159. The van der Waals surface area contributed by atoms with E-state index in [0.717, 1.165) is 12.8 Å². The highest BCUT2D eigenvalue weighted by Gasteiger charge is 2.28. The van der Waals surface area contributed by atoms with E-state index in [1.807, 2.05) is 6.92 Å². The van der Waals surface area contributed by atoms with Gasteiger partial charge in [-0.05, 0) is 26.2 Å². The molecule has 100 valence electrons. The maximum atomic E-state index is 11.8. The van der Waals surface area contributed by atoms with E-state index >= 15 is 0 Å². The van der Waals surface area contributed by atoms with Crippen LogP contribution in [0, 0.1) is 0 Å². The number of ether oxygens (including phenoxy) is 1. The Kier molecular flexibility index (Phi) is 3.98. The SMILES string of the molecule is CCn1cc(C2CCC(CCO)O2)c(=O)[nH]c1=O. The van der Waals surface area contributed by atoms with Gasteiger partial charge >= 0.3 is 5.69 Å². The van der Waals surface area contributed by atoms with Gasteiger partial charge in [0.2, 0.25) is 0 Å². The van der Waals surface area contributed by atoms with Crippen molar-refractivity contribution in [3.05, 3.63) is 32.6 Å². The van der Waals surface area contributed by atoms with Crippen molar-refractivity contribution in [2.75, 3.05) is 6.61 Å². The molecule has 0 radical (unpaired) electrons. The van der Waals surface area contributed by atoms with Gasteiger partial charge in [0.05, 0.1) is 17.8 Å². The normalized spacial score (nSPS) is 23.4. The molecular formula is C12H18N2O4. The summed E-state index contributed by atoms with van der Waals surface area (Å²) in [5, 5.41) is 8.86. The highest BCUT2D eigenvalue weighted by molar-refractivity contribution is 5.10. The molecule has 1 saturated heterocycles. The van der Waals surface area contributed by atoms with Gasteiger partial charge in [-0.15, -0.1) is 0 Å². The highest BCUT2D eigenvalue weighted by atomic mass is 16.5. The summed E-state index contributed by atoms with van der Waals surface area (Å²) in [6, 6.07) is 0. The molecule has 2 heterocycles. The topological polar surface area (TPSA) is 84.3 Å². The minimum absolute atomic E-state index is 0.00130. The average molecular weight is 254 g/mol. The lowest BCUT2D eigenvalue weighted by Crippen LogP contribution is -2.32. The molecule has 2 N–H and O–H groups in total. The van der Waals surface area contributed by atoms with E-state index in [1.165, 1.54) is 4.57 Å². The first-order chi connectivity index (χ1) is 8.65. The van der Waals surface area contributed by atoms with Gasteiger partial charge in [0.25, 0.3) is 5.56 Å². The first kappa shape index (κ1) is 13.0. The maximum absolute atomic E-state index is 11.8. The van der Waals surface area contributed by atoms with E-state index in [2.05, 4.69) is 4.98 Å². The highest BCUT2D eigenvalue weighted by Crippen LogP contribution is 2.31. The quantitative estimate of drug-likeness (QED) is 0.801. The standard InChI is InChI=1S/C12H18N2O4/c1-2-14-7-9(11(16)13-12(14)17)10-4-3-8(18-10)5-6-15/h7-8,10,15H,2-6H2,1H3,(H,13,16,17). The molecule has 1 aliphatic rings. The first-order valence-corrected chi connectivity index (χ1v) is 6.25. The monoisotopic (exact) mass is 254 g/mol. The summed E-state index contributed by atoms with van der Waals surface area (Å²) in [6.45, 7) is 2.44. The van der Waals surface area contributed by atoms with Gasteiger partial charge in [0.1, 0.15) is 0 Å². The van der Waals surface area contributed by atoms with Crippen LogP contribution in [0.2, 0.25) is 0 Å². The molecule has 1 aliphatic heterocycles. The van der Waals surface area contributed by atoms with E-state index in [0.29, 0.717) is 18.5 Å². The number of aliphatic hydroxyl groups excluding tert-OH is 1. The van der Waals surface area contributed by atoms with E-state index < -0.39 is 5.69 Å². The molecule has 0 amide bonds. The molecule has 0 saturated carbocycles. The van der Waals surface area contributed by atoms with Crippen LogP contribution in [-0.2, 0) is 11.3 Å². The molecule has 1 aromatic rings. The summed E-state index contributed by atoms with van der Waals surface area (Å²) in [4.78, 5) is 25.5. The second kappa shape index (κ2) is 5.49. The summed E-state index contributed by atoms with van der Waals surface area (Å²) in [5.41, 5.74) is -0.271. The summed E-state index contributed by atoms with van der Waals surface area (Å²) < 4.78 is 7.17. The second-order valence-electron chi connectivity index (χ2n) is 4.47. The van der Waals surface area contributed by atoms with Crippen LogP contribution >= 0.6 is 0 Å². The fourth-order valence-electron chi connectivity index (χ4n) is 2.28. The van der Waals surface area contributed by atoms with Crippen LogP contribution in [0.25, 0.3) is 0 Å². The van der Waals surface area contributed by atoms with Crippen LogP contribution in [0.3, 0.4) is 0 Å². The van der Waals surface area contributed by atoms with Gasteiger partial charge in [-0.2, -0.15) is 0 Å². The Bertz CT molecular complexity index is 520. The zero-order valence-electron chi connectivity index (χ0n) is 10.4. The van der Waals surface area contributed by atoms with Crippen molar-refractivity contribution < 1.29 is 9.84 Å². The van der Waals surface area contributed by atoms with Crippen LogP contribution in [0.5, 0.6) is 0 Å². The molecule has 18 heavy (non-hydrogen) atoms. The third kappa shape index (κ3) is 2.54. The molecule has 2 atom stereocenters. The second-order valence-corrected chi connectivity index (χ2v) is 4.47. The molecule has 0 aromatic carbocycles. The van der Waals surface area contributed by atoms with Crippen molar-refractivity contribution in [3.63, 3.8) is 0 Å². The van der Waals surface area contributed by atoms with E-state index in [9.17, 15) is 9.59 Å². The summed E-state index contributed by atoms with van der Waals surface area (Å²) in [7, 11) is 0. The Morgan fingerprint density at radius 3 is 2.94 bits per heavy atom. The number of hydrogen-bond acceptors (Lipinski definition) is 4. The number of hydrogen-bond donors (Lipinski definition) is 2. The molecular weight excluding hydrogens is 236 g/mol. The number of nitrogens with one attached hydrogen (secondary N) is 1. The fourth-order valence-corrected chi connectivity index (χ4v) is 2.28. The Balaban J connectivity index is 2.24. The van der Waals surface area contributed by atoms with Crippen molar-refractivity contribution >= 4 is 0 Å². The molecule has 6 heteroatoms. The Labute approximate surface area is 104 Å². The molecule has 1 aromatic heterocycles. The molecule has 0 bridgehead atoms.